The summed E-state index contributed by atoms with van der Waals surface area (Å²) in [5.74, 6) is 2.01. The lowest BCUT2D eigenvalue weighted by molar-refractivity contribution is 0.103. The van der Waals surface area contributed by atoms with Gasteiger partial charge in [0.25, 0.3) is 0 Å². The summed E-state index contributed by atoms with van der Waals surface area (Å²) in [7, 11) is 0. The SMILES string of the molecule is Oc1c(-c2nc(-c3ccccc3)nc(-c3ccccc3)n2)cccc1C1Cc2ccc3c4c(ccc(c24)C1)COC3. The van der Waals surface area contributed by atoms with E-state index < -0.39 is 0 Å². The molecule has 0 fully saturated rings. The van der Waals surface area contributed by atoms with Crippen LogP contribution in [0.1, 0.15) is 33.7 Å². The van der Waals surface area contributed by atoms with Gasteiger partial charge in [0, 0.05) is 11.1 Å². The highest BCUT2D eigenvalue weighted by molar-refractivity contribution is 5.95. The van der Waals surface area contributed by atoms with Crippen molar-refractivity contribution >= 4 is 10.8 Å². The van der Waals surface area contributed by atoms with Crippen molar-refractivity contribution < 1.29 is 9.84 Å². The third kappa shape index (κ3) is 4.09. The summed E-state index contributed by atoms with van der Waals surface area (Å²) < 4.78 is 5.80. The molecule has 0 unspecified atom stereocenters. The Hall–Kier alpha value is -4.87. The predicted octanol–water partition coefficient (Wildman–Crippen LogP) is 7.64. The van der Waals surface area contributed by atoms with Gasteiger partial charge in [0.2, 0.25) is 0 Å². The van der Waals surface area contributed by atoms with Crippen molar-refractivity contribution in [2.75, 3.05) is 0 Å². The zero-order valence-corrected chi connectivity index (χ0v) is 22.4. The monoisotopic (exact) mass is 533 g/mol. The van der Waals surface area contributed by atoms with Crippen molar-refractivity contribution in [1.29, 1.82) is 0 Å². The Labute approximate surface area is 238 Å². The molecular formula is C36H27N3O2. The van der Waals surface area contributed by atoms with E-state index in [1.807, 2.05) is 78.9 Å². The molecule has 41 heavy (non-hydrogen) atoms. The molecule has 5 nitrogen and oxygen atoms in total. The molecule has 0 saturated heterocycles. The van der Waals surface area contributed by atoms with E-state index in [4.69, 9.17) is 19.7 Å². The van der Waals surface area contributed by atoms with E-state index in [1.165, 1.54) is 33.0 Å². The summed E-state index contributed by atoms with van der Waals surface area (Å²) in [6.45, 7) is 1.34. The molecule has 2 heterocycles. The highest BCUT2D eigenvalue weighted by Gasteiger charge is 2.28. The Morgan fingerprint density at radius 1 is 0.537 bits per heavy atom. The average molecular weight is 534 g/mol. The molecule has 1 N–H and O–H groups in total. The Kier molecular flexibility index (Phi) is 5.64. The fourth-order valence-electron chi connectivity index (χ4n) is 6.47. The first kappa shape index (κ1) is 24.0. The van der Waals surface area contributed by atoms with Crippen LogP contribution in [0.3, 0.4) is 0 Å². The standard InChI is InChI=1S/C36H27N3O2/c40-33-29(28-18-24-14-16-26-20-41-21-27-17-15-25(19-28)31(24)32(26)27)12-7-13-30(33)36-38-34(22-8-3-1-4-9-22)37-35(39-36)23-10-5-2-6-11-23/h1-17,28,40H,18-21H2. The number of phenolic OH excluding ortho intramolecular Hbond substituents is 1. The van der Waals surface area contributed by atoms with E-state index in [0.717, 1.165) is 29.5 Å². The number of nitrogens with zero attached hydrogens (tertiary/aromatic N) is 3. The third-order valence-electron chi connectivity index (χ3n) is 8.40. The molecule has 198 valence electrons. The number of rotatable bonds is 4. The number of para-hydroxylation sites is 1. The molecule has 0 bridgehead atoms. The van der Waals surface area contributed by atoms with Crippen molar-refractivity contribution in [3.05, 3.63) is 131 Å². The number of hydrogen-bond acceptors (Lipinski definition) is 5. The van der Waals surface area contributed by atoms with Crippen molar-refractivity contribution in [3.63, 3.8) is 0 Å². The van der Waals surface area contributed by atoms with Crippen molar-refractivity contribution in [2.24, 2.45) is 0 Å². The molecule has 1 aliphatic heterocycles. The van der Waals surface area contributed by atoms with Gasteiger partial charge in [0.1, 0.15) is 5.75 Å². The summed E-state index contributed by atoms with van der Waals surface area (Å²) in [4.78, 5) is 14.5. The van der Waals surface area contributed by atoms with Gasteiger partial charge in [-0.25, -0.2) is 15.0 Å². The minimum absolute atomic E-state index is 0.144. The first-order chi connectivity index (χ1) is 20.2. The second-order valence-electron chi connectivity index (χ2n) is 10.9. The lowest BCUT2D eigenvalue weighted by Gasteiger charge is -2.29. The lowest BCUT2D eigenvalue weighted by atomic mass is 9.76. The molecule has 1 aromatic heterocycles. The fourth-order valence-corrected chi connectivity index (χ4v) is 6.47. The van der Waals surface area contributed by atoms with Gasteiger partial charge < -0.3 is 9.84 Å². The number of aromatic hydroxyl groups is 1. The molecule has 0 atom stereocenters. The average Bonchev–Trinajstić information content (AvgIpc) is 3.04. The summed E-state index contributed by atoms with van der Waals surface area (Å²) in [6.07, 6.45) is 1.74. The van der Waals surface area contributed by atoms with Crippen LogP contribution in [-0.2, 0) is 30.8 Å². The van der Waals surface area contributed by atoms with E-state index >= 15 is 0 Å². The van der Waals surface area contributed by atoms with Crippen LogP contribution in [0.4, 0.5) is 0 Å². The predicted molar refractivity (Wildman–Crippen MR) is 160 cm³/mol. The molecule has 0 spiro atoms. The number of phenols is 1. The molecule has 0 amide bonds. The highest BCUT2D eigenvalue weighted by atomic mass is 16.5. The summed E-state index contributed by atoms with van der Waals surface area (Å²) in [5, 5.41) is 14.5. The number of benzene rings is 5. The van der Waals surface area contributed by atoms with Crippen LogP contribution in [0.15, 0.2) is 103 Å². The van der Waals surface area contributed by atoms with Crippen LogP contribution in [0.5, 0.6) is 5.75 Å². The van der Waals surface area contributed by atoms with Gasteiger partial charge in [-0.05, 0) is 63.4 Å². The molecule has 2 aliphatic rings. The van der Waals surface area contributed by atoms with Gasteiger partial charge >= 0.3 is 0 Å². The van der Waals surface area contributed by atoms with Gasteiger partial charge in [0.15, 0.2) is 17.5 Å². The normalized spacial score (nSPS) is 14.3. The summed E-state index contributed by atoms with van der Waals surface area (Å²) >= 11 is 0. The van der Waals surface area contributed by atoms with Crippen molar-refractivity contribution in [1.82, 2.24) is 15.0 Å². The van der Waals surface area contributed by atoms with E-state index in [1.54, 1.807) is 0 Å². The van der Waals surface area contributed by atoms with Gasteiger partial charge in [-0.15, -0.1) is 0 Å². The smallest absolute Gasteiger partial charge is 0.167 e. The Morgan fingerprint density at radius 3 is 1.63 bits per heavy atom. The van der Waals surface area contributed by atoms with Gasteiger partial charge in [0.05, 0.1) is 18.8 Å². The third-order valence-corrected chi connectivity index (χ3v) is 8.40. The molecule has 0 saturated carbocycles. The first-order valence-electron chi connectivity index (χ1n) is 14.0. The van der Waals surface area contributed by atoms with Crippen LogP contribution >= 0.6 is 0 Å². The summed E-state index contributed by atoms with van der Waals surface area (Å²) in [6, 6.07) is 34.7. The molecular weight excluding hydrogens is 506 g/mol. The molecule has 8 rings (SSSR count). The largest absolute Gasteiger partial charge is 0.507 e. The quantitative estimate of drug-likeness (QED) is 0.252. The zero-order valence-electron chi connectivity index (χ0n) is 22.4. The van der Waals surface area contributed by atoms with Crippen LogP contribution in [0, 0.1) is 0 Å². The molecule has 5 heteroatoms. The second kappa shape index (κ2) is 9.65. The van der Waals surface area contributed by atoms with Crippen LogP contribution < -0.4 is 0 Å². The minimum Gasteiger partial charge on any atom is -0.507 e. The van der Waals surface area contributed by atoms with Crippen molar-refractivity contribution in [3.8, 4) is 39.9 Å². The number of ether oxygens (including phenoxy) is 1. The zero-order chi connectivity index (χ0) is 27.3. The first-order valence-corrected chi connectivity index (χ1v) is 14.0. The maximum Gasteiger partial charge on any atom is 0.167 e. The van der Waals surface area contributed by atoms with E-state index in [0.29, 0.717) is 36.3 Å². The molecule has 5 aromatic carbocycles. The van der Waals surface area contributed by atoms with Gasteiger partial charge in [-0.1, -0.05) is 97.1 Å². The fraction of sp³-hybridized carbons (Fsp3) is 0.139. The topological polar surface area (TPSA) is 68.1 Å². The Morgan fingerprint density at radius 2 is 1.05 bits per heavy atom. The highest BCUT2D eigenvalue weighted by Crippen LogP contribution is 2.44. The maximum atomic E-state index is 11.8. The lowest BCUT2D eigenvalue weighted by Crippen LogP contribution is -2.16. The van der Waals surface area contributed by atoms with Gasteiger partial charge in [-0.2, -0.15) is 0 Å². The Bertz CT molecular complexity index is 1830. The number of hydrogen-bond donors (Lipinski definition) is 1. The second-order valence-corrected chi connectivity index (χ2v) is 10.9. The minimum atomic E-state index is 0.144. The number of aromatic nitrogens is 3. The van der Waals surface area contributed by atoms with Crippen LogP contribution in [0.2, 0.25) is 0 Å². The summed E-state index contributed by atoms with van der Waals surface area (Å²) in [5.41, 5.74) is 8.56. The van der Waals surface area contributed by atoms with E-state index in [-0.39, 0.29) is 11.7 Å². The molecule has 0 radical (unpaired) electrons. The van der Waals surface area contributed by atoms with Gasteiger partial charge in [-0.3, -0.25) is 0 Å². The van der Waals surface area contributed by atoms with E-state index in [2.05, 4.69) is 24.3 Å². The van der Waals surface area contributed by atoms with Crippen LogP contribution in [0.25, 0.3) is 44.9 Å². The van der Waals surface area contributed by atoms with Crippen LogP contribution in [-0.4, -0.2) is 20.1 Å². The Balaban J connectivity index is 1.23. The molecule has 6 aromatic rings. The van der Waals surface area contributed by atoms with E-state index in [9.17, 15) is 5.11 Å². The maximum absolute atomic E-state index is 11.8. The molecule has 1 aliphatic carbocycles. The van der Waals surface area contributed by atoms with Crippen molar-refractivity contribution in [2.45, 2.75) is 32.0 Å².